The molecule has 0 aromatic carbocycles. The van der Waals surface area contributed by atoms with Crippen LogP contribution in [-0.4, -0.2) is 34.2 Å². The van der Waals surface area contributed by atoms with Gasteiger partial charge in [0.25, 0.3) is 11.1 Å². The fraction of sp³-hybridized carbons (Fsp3) is 0.429. The number of hydrogen-bond acceptors (Lipinski definition) is 6. The maximum Gasteiger partial charge on any atom is 0.290 e. The first-order chi connectivity index (χ1) is 10.2. The monoisotopic (exact) mass is 304 g/mol. The van der Waals surface area contributed by atoms with Crippen LogP contribution in [0.3, 0.4) is 0 Å². The van der Waals surface area contributed by atoms with Gasteiger partial charge in [0.2, 0.25) is 0 Å². The number of nitrogens with one attached hydrogen (secondary N) is 2. The van der Waals surface area contributed by atoms with Crippen molar-refractivity contribution in [1.29, 1.82) is 0 Å². The smallest absolute Gasteiger partial charge is 0.290 e. The molecule has 2 saturated heterocycles. The standard InChI is InChI=1S/C14H16N4O2S/c19-13-11(21-14(20)18-13)7-10-3-5-16-12(17-10)6-9-2-1-4-15-8-9/h3,5,7,9,15H,1-2,4,6,8H2,(H,18,19,20)/b11-7-/t9-/m0/s1. The van der Waals surface area contributed by atoms with E-state index in [1.165, 1.54) is 12.8 Å². The van der Waals surface area contributed by atoms with Crippen LogP contribution in [0.25, 0.3) is 6.08 Å². The minimum atomic E-state index is -0.360. The maximum atomic E-state index is 11.5. The second-order valence-corrected chi connectivity index (χ2v) is 6.18. The number of hydrogen-bond donors (Lipinski definition) is 2. The molecule has 1 aromatic rings. The van der Waals surface area contributed by atoms with Crippen molar-refractivity contribution in [2.45, 2.75) is 19.3 Å². The van der Waals surface area contributed by atoms with Crippen molar-refractivity contribution in [2.24, 2.45) is 5.92 Å². The highest BCUT2D eigenvalue weighted by Gasteiger charge is 2.25. The molecule has 2 aliphatic heterocycles. The topological polar surface area (TPSA) is 84.0 Å². The minimum absolute atomic E-state index is 0.339. The molecule has 110 valence electrons. The van der Waals surface area contributed by atoms with E-state index in [9.17, 15) is 9.59 Å². The first kappa shape index (κ1) is 14.2. The summed E-state index contributed by atoms with van der Waals surface area (Å²) >= 11 is 0.901. The van der Waals surface area contributed by atoms with Crippen molar-refractivity contribution >= 4 is 29.0 Å². The summed E-state index contributed by atoms with van der Waals surface area (Å²) in [5.74, 6) is 0.988. The zero-order chi connectivity index (χ0) is 14.7. The van der Waals surface area contributed by atoms with Crippen molar-refractivity contribution in [3.63, 3.8) is 0 Å². The Morgan fingerprint density at radius 1 is 1.43 bits per heavy atom. The number of thioether (sulfide) groups is 1. The van der Waals surface area contributed by atoms with Gasteiger partial charge in [0.1, 0.15) is 5.82 Å². The van der Waals surface area contributed by atoms with Crippen LogP contribution in [-0.2, 0) is 11.2 Å². The number of amides is 2. The number of imide groups is 1. The van der Waals surface area contributed by atoms with Crippen LogP contribution in [0.15, 0.2) is 17.2 Å². The van der Waals surface area contributed by atoms with Gasteiger partial charge in [0.05, 0.1) is 10.6 Å². The first-order valence-corrected chi connectivity index (χ1v) is 7.80. The summed E-state index contributed by atoms with van der Waals surface area (Å²) in [4.78, 5) is 31.8. The summed E-state index contributed by atoms with van der Waals surface area (Å²) in [5, 5.41) is 5.27. The van der Waals surface area contributed by atoms with Crippen LogP contribution < -0.4 is 10.6 Å². The van der Waals surface area contributed by atoms with Crippen LogP contribution in [0.1, 0.15) is 24.4 Å². The quantitative estimate of drug-likeness (QED) is 0.820. The lowest BCUT2D eigenvalue weighted by Gasteiger charge is -2.21. The summed E-state index contributed by atoms with van der Waals surface area (Å²) in [5.41, 5.74) is 0.663. The van der Waals surface area contributed by atoms with Gasteiger partial charge in [0.15, 0.2) is 0 Å². The molecular formula is C14H16N4O2S. The molecule has 0 aliphatic carbocycles. The Labute approximate surface area is 126 Å². The van der Waals surface area contributed by atoms with E-state index in [2.05, 4.69) is 20.6 Å². The average Bonchev–Trinajstić information content (AvgIpc) is 2.78. The van der Waals surface area contributed by atoms with Gasteiger partial charge >= 0.3 is 0 Å². The molecule has 0 saturated carbocycles. The SMILES string of the molecule is O=C1NC(=O)/C(=C/c2ccnc(C[C@@H]3CCCNC3)n2)S1. The van der Waals surface area contributed by atoms with Gasteiger partial charge in [-0.2, -0.15) is 0 Å². The third kappa shape index (κ3) is 3.68. The van der Waals surface area contributed by atoms with Crippen LogP contribution in [0, 0.1) is 5.92 Å². The number of carbonyl (C=O) groups excluding carboxylic acids is 2. The third-order valence-corrected chi connectivity index (χ3v) is 4.33. The molecule has 0 unspecified atom stereocenters. The van der Waals surface area contributed by atoms with Gasteiger partial charge in [-0.05, 0) is 55.8 Å². The highest BCUT2D eigenvalue weighted by Crippen LogP contribution is 2.25. The van der Waals surface area contributed by atoms with Crippen LogP contribution >= 0.6 is 11.8 Å². The van der Waals surface area contributed by atoms with Gasteiger partial charge < -0.3 is 5.32 Å². The minimum Gasteiger partial charge on any atom is -0.316 e. The number of piperidine rings is 1. The van der Waals surface area contributed by atoms with Crippen molar-refractivity contribution in [3.05, 3.63) is 28.7 Å². The highest BCUT2D eigenvalue weighted by atomic mass is 32.2. The molecule has 21 heavy (non-hydrogen) atoms. The lowest BCUT2D eigenvalue weighted by Crippen LogP contribution is -2.31. The Balaban J connectivity index is 1.72. The van der Waals surface area contributed by atoms with Gasteiger partial charge in [-0.25, -0.2) is 9.97 Å². The number of carbonyl (C=O) groups is 2. The van der Waals surface area contributed by atoms with Gasteiger partial charge in [-0.3, -0.25) is 14.9 Å². The Morgan fingerprint density at radius 2 is 2.33 bits per heavy atom. The molecule has 3 heterocycles. The zero-order valence-corrected chi connectivity index (χ0v) is 12.3. The Kier molecular flexibility index (Phi) is 4.31. The predicted molar refractivity (Wildman–Crippen MR) is 80.4 cm³/mol. The van der Waals surface area contributed by atoms with Gasteiger partial charge in [-0.15, -0.1) is 0 Å². The number of nitrogens with zero attached hydrogens (tertiary/aromatic N) is 2. The summed E-state index contributed by atoms with van der Waals surface area (Å²) in [6.07, 6.45) is 6.55. The van der Waals surface area contributed by atoms with E-state index in [0.29, 0.717) is 16.5 Å². The van der Waals surface area contributed by atoms with E-state index < -0.39 is 0 Å². The van der Waals surface area contributed by atoms with E-state index in [1.807, 2.05) is 0 Å². The maximum absolute atomic E-state index is 11.5. The second kappa shape index (κ2) is 6.36. The Morgan fingerprint density at radius 3 is 3.05 bits per heavy atom. The summed E-state index contributed by atoms with van der Waals surface area (Å²) in [6.45, 7) is 2.09. The van der Waals surface area contributed by atoms with E-state index in [-0.39, 0.29) is 11.1 Å². The van der Waals surface area contributed by atoms with Gasteiger partial charge in [-0.1, -0.05) is 0 Å². The fourth-order valence-corrected chi connectivity index (χ4v) is 3.17. The van der Waals surface area contributed by atoms with E-state index >= 15 is 0 Å². The molecule has 0 radical (unpaired) electrons. The molecule has 1 atom stereocenters. The summed E-state index contributed by atoms with van der Waals surface area (Å²) in [7, 11) is 0. The lowest BCUT2D eigenvalue weighted by atomic mass is 9.96. The summed E-state index contributed by atoms with van der Waals surface area (Å²) in [6, 6.07) is 1.74. The predicted octanol–water partition coefficient (Wildman–Crippen LogP) is 1.34. The average molecular weight is 304 g/mol. The largest absolute Gasteiger partial charge is 0.316 e. The molecular weight excluding hydrogens is 288 g/mol. The van der Waals surface area contributed by atoms with Crippen molar-refractivity contribution < 1.29 is 9.59 Å². The molecule has 2 N–H and O–H groups in total. The van der Waals surface area contributed by atoms with Gasteiger partial charge in [0, 0.05) is 12.6 Å². The molecule has 1 aromatic heterocycles. The van der Waals surface area contributed by atoms with Crippen molar-refractivity contribution in [2.75, 3.05) is 13.1 Å². The molecule has 3 rings (SSSR count). The Bertz CT molecular complexity index is 596. The lowest BCUT2D eigenvalue weighted by molar-refractivity contribution is -0.115. The number of rotatable bonds is 3. The normalized spacial score (nSPS) is 24.4. The van der Waals surface area contributed by atoms with Crippen LogP contribution in [0.5, 0.6) is 0 Å². The third-order valence-electron chi connectivity index (χ3n) is 3.52. The van der Waals surface area contributed by atoms with Crippen LogP contribution in [0.4, 0.5) is 4.79 Å². The first-order valence-electron chi connectivity index (χ1n) is 6.98. The van der Waals surface area contributed by atoms with Crippen LogP contribution in [0.2, 0.25) is 0 Å². The summed E-state index contributed by atoms with van der Waals surface area (Å²) < 4.78 is 0. The highest BCUT2D eigenvalue weighted by molar-refractivity contribution is 8.18. The molecule has 2 aliphatic rings. The second-order valence-electron chi connectivity index (χ2n) is 5.17. The van der Waals surface area contributed by atoms with E-state index in [1.54, 1.807) is 18.3 Å². The molecule has 7 heteroatoms. The van der Waals surface area contributed by atoms with E-state index in [0.717, 1.165) is 37.1 Å². The number of aromatic nitrogens is 2. The molecule has 0 bridgehead atoms. The Hall–Kier alpha value is -1.73. The molecule has 2 fully saturated rings. The van der Waals surface area contributed by atoms with E-state index in [4.69, 9.17) is 0 Å². The molecule has 6 nitrogen and oxygen atoms in total. The molecule has 2 amide bonds. The molecule has 0 spiro atoms. The van der Waals surface area contributed by atoms with Crippen molar-refractivity contribution in [3.8, 4) is 0 Å². The fourth-order valence-electron chi connectivity index (χ4n) is 2.51. The van der Waals surface area contributed by atoms with Crippen molar-refractivity contribution in [1.82, 2.24) is 20.6 Å². The zero-order valence-electron chi connectivity index (χ0n) is 11.5.